The van der Waals surface area contributed by atoms with Gasteiger partial charge in [0.15, 0.2) is 0 Å². The van der Waals surface area contributed by atoms with E-state index in [-0.39, 0.29) is 0 Å². The molecule has 0 amide bonds. The molecule has 0 aliphatic carbocycles. The SMILES string of the molecule is BCNc1ccc(OC)nn1. The summed E-state index contributed by atoms with van der Waals surface area (Å²) in [4.78, 5) is 0. The minimum atomic E-state index is 0.534. The van der Waals surface area contributed by atoms with Crippen molar-refractivity contribution < 1.29 is 4.74 Å². The Morgan fingerprint density at radius 1 is 1.55 bits per heavy atom. The highest BCUT2D eigenvalue weighted by molar-refractivity contribution is 6.10. The number of nitrogens with zero attached hydrogens (tertiary/aromatic N) is 2. The van der Waals surface area contributed by atoms with Gasteiger partial charge in [0.2, 0.25) is 5.88 Å². The van der Waals surface area contributed by atoms with Crippen molar-refractivity contribution in [1.82, 2.24) is 10.2 Å². The molecule has 11 heavy (non-hydrogen) atoms. The summed E-state index contributed by atoms with van der Waals surface area (Å²) in [6.07, 6.45) is 0.848. The molecule has 0 atom stereocenters. The maximum Gasteiger partial charge on any atom is 0.233 e. The number of rotatable bonds is 3. The van der Waals surface area contributed by atoms with Crippen molar-refractivity contribution in [2.24, 2.45) is 0 Å². The quantitative estimate of drug-likeness (QED) is 0.591. The van der Waals surface area contributed by atoms with Crippen molar-refractivity contribution in [3.63, 3.8) is 0 Å². The molecule has 0 radical (unpaired) electrons. The first-order valence-electron chi connectivity index (χ1n) is 3.48. The van der Waals surface area contributed by atoms with E-state index in [0.717, 1.165) is 12.3 Å². The van der Waals surface area contributed by atoms with Crippen LogP contribution in [0.5, 0.6) is 5.88 Å². The van der Waals surface area contributed by atoms with E-state index in [1.807, 2.05) is 13.9 Å². The molecule has 0 aromatic carbocycles. The third-order valence-corrected chi connectivity index (χ3v) is 1.21. The summed E-state index contributed by atoms with van der Waals surface area (Å²) in [7, 11) is 3.57. The number of nitrogens with one attached hydrogen (secondary N) is 1. The molecule has 1 N–H and O–H groups in total. The summed E-state index contributed by atoms with van der Waals surface area (Å²) in [5, 5.41) is 10.7. The molecule has 1 heterocycles. The predicted molar refractivity (Wildman–Crippen MR) is 45.6 cm³/mol. The van der Waals surface area contributed by atoms with E-state index in [1.165, 1.54) is 0 Å². The second kappa shape index (κ2) is 3.80. The number of methoxy groups -OCH3 is 1. The van der Waals surface area contributed by atoms with Gasteiger partial charge in [0, 0.05) is 6.07 Å². The third-order valence-electron chi connectivity index (χ3n) is 1.21. The molecule has 0 bridgehead atoms. The lowest BCUT2D eigenvalue weighted by molar-refractivity contribution is 0.392. The highest BCUT2D eigenvalue weighted by atomic mass is 16.5. The smallest absolute Gasteiger partial charge is 0.233 e. The zero-order valence-corrected chi connectivity index (χ0v) is 6.66. The molecule has 58 valence electrons. The van der Waals surface area contributed by atoms with E-state index in [4.69, 9.17) is 4.74 Å². The maximum atomic E-state index is 4.85. The zero-order valence-electron chi connectivity index (χ0n) is 6.66. The Labute approximate surface area is 66.4 Å². The van der Waals surface area contributed by atoms with Crippen LogP contribution in [-0.2, 0) is 0 Å². The van der Waals surface area contributed by atoms with Crippen molar-refractivity contribution in [2.75, 3.05) is 18.9 Å². The van der Waals surface area contributed by atoms with Crippen LogP contribution in [-0.4, -0.2) is 31.6 Å². The van der Waals surface area contributed by atoms with E-state index >= 15 is 0 Å². The molecular weight excluding hydrogens is 141 g/mol. The molecule has 0 saturated heterocycles. The molecular formula is C6H10BN3O. The summed E-state index contributed by atoms with van der Waals surface area (Å²) < 4.78 is 4.85. The standard InChI is InChI=1S/C6H10BN3O/c1-11-6-3-2-5(8-4-7)9-10-6/h2-3H,4,7H2,1H3,(H,8,9). The first-order valence-corrected chi connectivity index (χ1v) is 3.48. The van der Waals surface area contributed by atoms with Crippen molar-refractivity contribution in [2.45, 2.75) is 0 Å². The fraction of sp³-hybridized carbons (Fsp3) is 0.333. The largest absolute Gasteiger partial charge is 0.480 e. The fourth-order valence-electron chi connectivity index (χ4n) is 0.704. The molecule has 4 nitrogen and oxygen atoms in total. The molecule has 5 heteroatoms. The number of anilines is 1. The van der Waals surface area contributed by atoms with Gasteiger partial charge in [-0.2, -0.15) is 0 Å². The summed E-state index contributed by atoms with van der Waals surface area (Å²) in [5.41, 5.74) is 0. The Morgan fingerprint density at radius 2 is 2.36 bits per heavy atom. The Bertz CT molecular complexity index is 214. The number of hydrogen-bond donors (Lipinski definition) is 1. The van der Waals surface area contributed by atoms with Crippen LogP contribution in [0.25, 0.3) is 0 Å². The van der Waals surface area contributed by atoms with Crippen molar-refractivity contribution >= 4 is 13.7 Å². The molecule has 0 aliphatic rings. The summed E-state index contributed by atoms with van der Waals surface area (Å²) in [5.74, 6) is 1.31. The lowest BCUT2D eigenvalue weighted by Gasteiger charge is -2.00. The molecule has 0 saturated carbocycles. The molecule has 0 unspecified atom stereocenters. The van der Waals surface area contributed by atoms with Gasteiger partial charge >= 0.3 is 0 Å². The highest BCUT2D eigenvalue weighted by Crippen LogP contribution is 2.05. The van der Waals surface area contributed by atoms with E-state index < -0.39 is 0 Å². The van der Waals surface area contributed by atoms with Gasteiger partial charge in [-0.3, -0.25) is 0 Å². The molecule has 1 aromatic rings. The van der Waals surface area contributed by atoms with E-state index in [0.29, 0.717) is 5.88 Å². The summed E-state index contributed by atoms with van der Waals surface area (Å²) in [6.45, 7) is 0. The predicted octanol–water partition coefficient (Wildman–Crippen LogP) is -0.512. The second-order valence-corrected chi connectivity index (χ2v) is 1.99. The van der Waals surface area contributed by atoms with E-state index in [2.05, 4.69) is 15.5 Å². The minimum Gasteiger partial charge on any atom is -0.480 e. The molecule has 1 rings (SSSR count). The van der Waals surface area contributed by atoms with Crippen LogP contribution in [0.15, 0.2) is 12.1 Å². The van der Waals surface area contributed by atoms with Crippen LogP contribution < -0.4 is 10.1 Å². The van der Waals surface area contributed by atoms with Gasteiger partial charge < -0.3 is 10.1 Å². The number of hydrogen-bond acceptors (Lipinski definition) is 4. The van der Waals surface area contributed by atoms with Crippen LogP contribution in [0.4, 0.5) is 5.82 Å². The highest BCUT2D eigenvalue weighted by Gasteiger charge is 1.93. The van der Waals surface area contributed by atoms with Crippen LogP contribution in [0.3, 0.4) is 0 Å². The van der Waals surface area contributed by atoms with Gasteiger partial charge in [0.25, 0.3) is 0 Å². The fourth-order valence-corrected chi connectivity index (χ4v) is 0.704. The van der Waals surface area contributed by atoms with Gasteiger partial charge in [0.1, 0.15) is 13.7 Å². The monoisotopic (exact) mass is 151 g/mol. The van der Waals surface area contributed by atoms with Crippen LogP contribution >= 0.6 is 0 Å². The molecule has 0 aliphatic heterocycles. The van der Waals surface area contributed by atoms with Crippen molar-refractivity contribution in [3.8, 4) is 5.88 Å². The Kier molecular flexibility index (Phi) is 2.71. The number of ether oxygens (including phenoxy) is 1. The van der Waals surface area contributed by atoms with Crippen molar-refractivity contribution in [1.29, 1.82) is 0 Å². The average molecular weight is 151 g/mol. The van der Waals surface area contributed by atoms with Crippen LogP contribution in [0.1, 0.15) is 0 Å². The van der Waals surface area contributed by atoms with E-state index in [9.17, 15) is 0 Å². The Balaban J connectivity index is 2.66. The van der Waals surface area contributed by atoms with Crippen LogP contribution in [0.2, 0.25) is 0 Å². The Morgan fingerprint density at radius 3 is 2.82 bits per heavy atom. The van der Waals surface area contributed by atoms with E-state index in [1.54, 1.807) is 13.2 Å². The van der Waals surface area contributed by atoms with Gasteiger partial charge in [-0.25, -0.2) is 0 Å². The lowest BCUT2D eigenvalue weighted by atomic mass is 10.2. The Hall–Kier alpha value is -1.26. The summed E-state index contributed by atoms with van der Waals surface area (Å²) >= 11 is 0. The summed E-state index contributed by atoms with van der Waals surface area (Å²) in [6, 6.07) is 3.60. The van der Waals surface area contributed by atoms with Crippen LogP contribution in [0, 0.1) is 0 Å². The normalized spacial score (nSPS) is 9.18. The lowest BCUT2D eigenvalue weighted by Crippen LogP contribution is -2.03. The first kappa shape index (κ1) is 7.85. The third kappa shape index (κ3) is 2.11. The molecule has 1 aromatic heterocycles. The van der Waals surface area contributed by atoms with Gasteiger partial charge in [0.05, 0.1) is 7.11 Å². The second-order valence-electron chi connectivity index (χ2n) is 1.99. The zero-order chi connectivity index (χ0) is 8.10. The molecule has 0 spiro atoms. The van der Waals surface area contributed by atoms with Crippen molar-refractivity contribution in [3.05, 3.63) is 12.1 Å². The van der Waals surface area contributed by atoms with Gasteiger partial charge in [-0.15, -0.1) is 10.2 Å². The minimum absolute atomic E-state index is 0.534. The first-order chi connectivity index (χ1) is 5.36. The average Bonchev–Trinajstić information content (AvgIpc) is 2.07. The molecule has 0 fully saturated rings. The number of aromatic nitrogens is 2. The topological polar surface area (TPSA) is 47.0 Å². The van der Waals surface area contributed by atoms with Gasteiger partial charge in [-0.05, 0) is 12.5 Å². The van der Waals surface area contributed by atoms with Gasteiger partial charge in [-0.1, -0.05) is 0 Å². The maximum absolute atomic E-state index is 4.85.